The van der Waals surface area contributed by atoms with Gasteiger partial charge in [0.15, 0.2) is 0 Å². The highest BCUT2D eigenvalue weighted by Gasteiger charge is 2.05. The number of hydrogen-bond acceptors (Lipinski definition) is 3. The topological polar surface area (TPSA) is 45.9 Å². The summed E-state index contributed by atoms with van der Waals surface area (Å²) in [6.45, 7) is 0. The summed E-state index contributed by atoms with van der Waals surface area (Å²) >= 11 is 5.77. The van der Waals surface area contributed by atoms with Crippen LogP contribution in [-0.2, 0) is 0 Å². The van der Waals surface area contributed by atoms with Gasteiger partial charge >= 0.3 is 0 Å². The number of methoxy groups -OCH3 is 1. The lowest BCUT2D eigenvalue weighted by atomic mass is 10.1. The molecule has 0 amide bonds. The van der Waals surface area contributed by atoms with Gasteiger partial charge in [0.2, 0.25) is 0 Å². The molecular weight excluding hydrogens is 212 g/mol. The smallest absolute Gasteiger partial charge is 0.138 e. The molecule has 0 unspecified atom stereocenters. The van der Waals surface area contributed by atoms with Crippen molar-refractivity contribution >= 4 is 22.5 Å². The third kappa shape index (κ3) is 1.72. The van der Waals surface area contributed by atoms with Gasteiger partial charge in [-0.15, -0.1) is 0 Å². The lowest BCUT2D eigenvalue weighted by molar-refractivity contribution is 0.414. The molecule has 0 aliphatic rings. The minimum atomic E-state index is 0.425. The minimum Gasteiger partial charge on any atom is -0.495 e. The fraction of sp³-hybridized carbons (Fsp3) is 0.0909. The molecule has 2 aromatic rings. The van der Waals surface area contributed by atoms with Crippen LogP contribution in [0.2, 0.25) is 5.15 Å². The van der Waals surface area contributed by atoms with E-state index in [9.17, 15) is 0 Å². The maximum atomic E-state index is 8.89. The van der Waals surface area contributed by atoms with Crippen molar-refractivity contribution in [2.75, 3.05) is 7.11 Å². The summed E-state index contributed by atoms with van der Waals surface area (Å²) in [7, 11) is 1.52. The largest absolute Gasteiger partial charge is 0.495 e. The van der Waals surface area contributed by atoms with E-state index in [0.717, 1.165) is 10.9 Å². The van der Waals surface area contributed by atoms with Crippen LogP contribution < -0.4 is 4.74 Å². The molecule has 2 rings (SSSR count). The van der Waals surface area contributed by atoms with Crippen molar-refractivity contribution < 1.29 is 4.74 Å². The minimum absolute atomic E-state index is 0.425. The fourth-order valence-corrected chi connectivity index (χ4v) is 1.54. The molecule has 15 heavy (non-hydrogen) atoms. The van der Waals surface area contributed by atoms with Gasteiger partial charge in [0, 0.05) is 11.5 Å². The standard InChI is InChI=1S/C11H7ClN2O/c1-15-10-5-9-7(4-8(10)6-13)2-3-11(12)14-9/h2-5H,1H3. The highest BCUT2D eigenvalue weighted by molar-refractivity contribution is 6.29. The summed E-state index contributed by atoms with van der Waals surface area (Å²) in [5.41, 5.74) is 1.22. The third-order valence-corrected chi connectivity index (χ3v) is 2.31. The zero-order valence-electron chi connectivity index (χ0n) is 7.99. The van der Waals surface area contributed by atoms with Crippen molar-refractivity contribution in [1.82, 2.24) is 4.98 Å². The Morgan fingerprint density at radius 1 is 1.40 bits per heavy atom. The highest BCUT2D eigenvalue weighted by Crippen LogP contribution is 2.25. The molecule has 1 aromatic heterocycles. The van der Waals surface area contributed by atoms with Gasteiger partial charge in [-0.05, 0) is 18.2 Å². The van der Waals surface area contributed by atoms with E-state index < -0.39 is 0 Å². The van der Waals surface area contributed by atoms with Gasteiger partial charge in [-0.25, -0.2) is 4.98 Å². The number of rotatable bonds is 1. The molecule has 0 saturated heterocycles. The molecule has 74 valence electrons. The van der Waals surface area contributed by atoms with E-state index in [1.807, 2.05) is 6.07 Å². The van der Waals surface area contributed by atoms with Gasteiger partial charge in [-0.2, -0.15) is 5.26 Å². The Labute approximate surface area is 91.9 Å². The number of nitriles is 1. The van der Waals surface area contributed by atoms with Crippen LogP contribution in [0.25, 0.3) is 10.9 Å². The molecule has 0 N–H and O–H groups in total. The van der Waals surface area contributed by atoms with Crippen molar-refractivity contribution in [3.8, 4) is 11.8 Å². The Morgan fingerprint density at radius 3 is 2.87 bits per heavy atom. The molecular formula is C11H7ClN2O. The van der Waals surface area contributed by atoms with Gasteiger partial charge in [0.25, 0.3) is 0 Å². The quantitative estimate of drug-likeness (QED) is 0.692. The molecule has 0 bridgehead atoms. The number of fused-ring (bicyclic) bond motifs is 1. The zero-order chi connectivity index (χ0) is 10.8. The van der Waals surface area contributed by atoms with E-state index in [1.165, 1.54) is 7.11 Å². The SMILES string of the molecule is COc1cc2nc(Cl)ccc2cc1C#N. The normalized spacial score (nSPS) is 9.93. The van der Waals surface area contributed by atoms with E-state index in [2.05, 4.69) is 11.1 Å². The molecule has 0 aliphatic heterocycles. The second-order valence-corrected chi connectivity index (χ2v) is 3.38. The van der Waals surface area contributed by atoms with Gasteiger partial charge in [0.1, 0.15) is 17.0 Å². The molecule has 1 heterocycles. The Morgan fingerprint density at radius 2 is 2.20 bits per heavy atom. The lowest BCUT2D eigenvalue weighted by Gasteiger charge is -2.04. The molecule has 0 fully saturated rings. The lowest BCUT2D eigenvalue weighted by Crippen LogP contribution is -1.89. The Balaban J connectivity index is 2.77. The van der Waals surface area contributed by atoms with Crippen molar-refractivity contribution in [1.29, 1.82) is 5.26 Å². The van der Waals surface area contributed by atoms with Crippen molar-refractivity contribution in [3.63, 3.8) is 0 Å². The molecule has 0 radical (unpaired) electrons. The molecule has 3 nitrogen and oxygen atoms in total. The van der Waals surface area contributed by atoms with Gasteiger partial charge in [-0.1, -0.05) is 11.6 Å². The maximum absolute atomic E-state index is 8.89. The Kier molecular flexibility index (Phi) is 2.44. The van der Waals surface area contributed by atoms with E-state index >= 15 is 0 Å². The van der Waals surface area contributed by atoms with E-state index in [1.54, 1.807) is 18.2 Å². The number of hydrogen-bond donors (Lipinski definition) is 0. The van der Waals surface area contributed by atoms with Crippen LogP contribution >= 0.6 is 11.6 Å². The monoisotopic (exact) mass is 218 g/mol. The predicted molar refractivity (Wildman–Crippen MR) is 58.0 cm³/mol. The first-order valence-corrected chi connectivity index (χ1v) is 4.67. The summed E-state index contributed by atoms with van der Waals surface area (Å²) in [6.07, 6.45) is 0. The van der Waals surface area contributed by atoms with Crippen LogP contribution in [-0.4, -0.2) is 12.1 Å². The van der Waals surface area contributed by atoms with Gasteiger partial charge < -0.3 is 4.74 Å². The van der Waals surface area contributed by atoms with Crippen molar-refractivity contribution in [2.45, 2.75) is 0 Å². The first kappa shape index (κ1) is 9.75. The molecule has 0 aliphatic carbocycles. The van der Waals surface area contributed by atoms with E-state index in [0.29, 0.717) is 16.5 Å². The fourth-order valence-electron chi connectivity index (χ4n) is 1.38. The third-order valence-electron chi connectivity index (χ3n) is 2.10. The first-order valence-electron chi connectivity index (χ1n) is 4.29. The molecule has 4 heteroatoms. The average Bonchev–Trinajstić information content (AvgIpc) is 2.27. The molecule has 1 aromatic carbocycles. The Bertz CT molecular complexity index is 560. The molecule has 0 atom stereocenters. The van der Waals surface area contributed by atoms with Crippen molar-refractivity contribution in [3.05, 3.63) is 35.0 Å². The number of pyridine rings is 1. The van der Waals surface area contributed by atoms with Crippen LogP contribution in [0.4, 0.5) is 0 Å². The predicted octanol–water partition coefficient (Wildman–Crippen LogP) is 2.77. The van der Waals surface area contributed by atoms with Crippen LogP contribution in [0.5, 0.6) is 5.75 Å². The Hall–Kier alpha value is -1.79. The van der Waals surface area contributed by atoms with Crippen LogP contribution in [0.3, 0.4) is 0 Å². The van der Waals surface area contributed by atoms with Crippen LogP contribution in [0, 0.1) is 11.3 Å². The van der Waals surface area contributed by atoms with Gasteiger partial charge in [0.05, 0.1) is 18.2 Å². The van der Waals surface area contributed by atoms with E-state index in [-0.39, 0.29) is 0 Å². The highest BCUT2D eigenvalue weighted by atomic mass is 35.5. The van der Waals surface area contributed by atoms with Crippen LogP contribution in [0.15, 0.2) is 24.3 Å². The number of halogens is 1. The summed E-state index contributed by atoms with van der Waals surface area (Å²) in [5, 5.41) is 10.2. The first-order chi connectivity index (χ1) is 7.24. The zero-order valence-corrected chi connectivity index (χ0v) is 8.75. The summed E-state index contributed by atoms with van der Waals surface area (Å²) in [4.78, 5) is 4.14. The summed E-state index contributed by atoms with van der Waals surface area (Å²) in [6, 6.07) is 9.03. The average molecular weight is 219 g/mol. The van der Waals surface area contributed by atoms with Gasteiger partial charge in [-0.3, -0.25) is 0 Å². The second-order valence-electron chi connectivity index (χ2n) is 2.99. The maximum Gasteiger partial charge on any atom is 0.138 e. The molecule has 0 spiro atoms. The van der Waals surface area contributed by atoms with Crippen molar-refractivity contribution in [2.24, 2.45) is 0 Å². The number of ether oxygens (including phenoxy) is 1. The molecule has 0 saturated carbocycles. The van der Waals surface area contributed by atoms with E-state index in [4.69, 9.17) is 21.6 Å². The van der Waals surface area contributed by atoms with Crippen LogP contribution in [0.1, 0.15) is 5.56 Å². The number of aromatic nitrogens is 1. The number of nitrogens with zero attached hydrogens (tertiary/aromatic N) is 2. The second kappa shape index (κ2) is 3.76. The summed E-state index contributed by atoms with van der Waals surface area (Å²) in [5.74, 6) is 0.514. The number of benzene rings is 1. The summed E-state index contributed by atoms with van der Waals surface area (Å²) < 4.78 is 5.08.